The van der Waals surface area contributed by atoms with E-state index in [1.807, 2.05) is 13.0 Å². The number of halogens is 1. The quantitative estimate of drug-likeness (QED) is 0.141. The number of unbranched alkanes of at least 4 members (excludes halogenated alkanes) is 5. The number of carbonyl (C=O) groups excluding carboxylic acids is 4. The summed E-state index contributed by atoms with van der Waals surface area (Å²) in [6, 6.07) is 7.91. The predicted molar refractivity (Wildman–Crippen MR) is 178 cm³/mol. The summed E-state index contributed by atoms with van der Waals surface area (Å²) in [5.41, 5.74) is -1.45. The second-order valence-electron chi connectivity index (χ2n) is 12.7. The highest BCUT2D eigenvalue weighted by atomic mass is 35.5. The third-order valence-electron chi connectivity index (χ3n) is 7.21. The normalized spacial score (nSPS) is 15.6. The molecule has 11 nitrogen and oxygen atoms in total. The summed E-state index contributed by atoms with van der Waals surface area (Å²) >= 11 is 4.27. The Balaban J connectivity index is 1.73. The average Bonchev–Trinajstić information content (AvgIpc) is 3.16. The van der Waals surface area contributed by atoms with E-state index in [0.717, 1.165) is 24.8 Å². The van der Waals surface area contributed by atoms with Gasteiger partial charge in [-0.3, -0.25) is 19.1 Å². The molecule has 0 spiro atoms. The molecule has 2 aromatic carbocycles. The number of rotatable bonds is 16. The number of hydrogen-bond donors (Lipinski definition) is 2. The number of Topliss-reactive ketones (excluding diaryl/α,β-unsaturated/α-hetero) is 1. The van der Waals surface area contributed by atoms with Crippen LogP contribution >= 0.6 is 11.6 Å². The summed E-state index contributed by atoms with van der Waals surface area (Å²) in [5, 5.41) is 2.63. The third kappa shape index (κ3) is 9.68. The van der Waals surface area contributed by atoms with Crippen LogP contribution in [-0.4, -0.2) is 51.0 Å². The Morgan fingerprint density at radius 1 is 1.02 bits per heavy atom. The first kappa shape index (κ1) is 36.8. The van der Waals surface area contributed by atoms with Crippen LogP contribution in [0.15, 0.2) is 36.4 Å². The molecule has 0 aromatic heterocycles. The van der Waals surface area contributed by atoms with Crippen LogP contribution < -0.4 is 19.0 Å². The molecule has 2 unspecified atom stereocenters. The Labute approximate surface area is 278 Å². The maximum atomic E-state index is 13.5. The second kappa shape index (κ2) is 15.8. The number of aryl methyl sites for hydroxylation is 1. The van der Waals surface area contributed by atoms with Gasteiger partial charge in [0.25, 0.3) is 11.8 Å². The van der Waals surface area contributed by atoms with Crippen molar-refractivity contribution in [2.24, 2.45) is 5.41 Å². The molecule has 2 aromatic rings. The molecule has 1 aliphatic heterocycles. The lowest BCUT2D eigenvalue weighted by molar-refractivity contribution is -0.145. The third-order valence-corrected chi connectivity index (χ3v) is 8.28. The van der Waals surface area contributed by atoms with E-state index >= 15 is 0 Å². The molecule has 1 aliphatic rings. The topological polar surface area (TPSA) is 140 Å². The van der Waals surface area contributed by atoms with Crippen LogP contribution in [0.5, 0.6) is 11.5 Å². The van der Waals surface area contributed by atoms with Gasteiger partial charge in [0.05, 0.1) is 23.0 Å². The van der Waals surface area contributed by atoms with Crippen LogP contribution in [0.25, 0.3) is 0 Å². The number of imide groups is 1. The number of nitrogens with one attached hydrogen (secondary N) is 2. The van der Waals surface area contributed by atoms with E-state index in [2.05, 4.69) is 17.0 Å². The molecular formula is C33H44ClN3O8S. The zero-order valence-corrected chi connectivity index (χ0v) is 29.1. The highest BCUT2D eigenvalue weighted by Crippen LogP contribution is 2.33. The molecule has 1 fully saturated rings. The minimum atomic E-state index is -2.08. The van der Waals surface area contributed by atoms with Crippen molar-refractivity contribution < 1.29 is 37.0 Å². The van der Waals surface area contributed by atoms with E-state index in [1.165, 1.54) is 51.3 Å². The standard InChI is InChI=1S/C33H44ClN3O8S/c1-8-9-10-11-12-13-18-43-25-17-14-21(2)19-26(25)45-46(42)36-22-15-16-23(34)24(20-22)35-29(39)27(28(38)32(3,4)5)37-30(40)33(6,7)44-31(37)41/h14-17,19-20,27,36H,8-13,18H2,1-7H3,(H,35,39). The Bertz CT molecular complexity index is 1470. The lowest BCUT2D eigenvalue weighted by atomic mass is 9.85. The maximum absolute atomic E-state index is 13.5. The van der Waals surface area contributed by atoms with Crippen molar-refractivity contribution in [1.29, 1.82) is 0 Å². The van der Waals surface area contributed by atoms with Gasteiger partial charge in [-0.05, 0) is 63.1 Å². The van der Waals surface area contributed by atoms with Crippen molar-refractivity contribution >= 4 is 57.9 Å². The van der Waals surface area contributed by atoms with E-state index in [1.54, 1.807) is 32.9 Å². The fraction of sp³-hybridized carbons (Fsp3) is 0.515. The Morgan fingerprint density at radius 3 is 2.33 bits per heavy atom. The predicted octanol–water partition coefficient (Wildman–Crippen LogP) is 7.14. The number of ether oxygens (including phenoxy) is 2. The Hall–Kier alpha value is -3.64. The van der Waals surface area contributed by atoms with Crippen molar-refractivity contribution in [2.75, 3.05) is 16.6 Å². The average molecular weight is 678 g/mol. The SMILES string of the molecule is CCCCCCCCOc1ccc(C)cc1OS(=O)Nc1ccc(Cl)c(NC(=O)C(C(=O)C(C)(C)C)N2C(=O)OC(C)(C)C2=O)c1. The van der Waals surface area contributed by atoms with Gasteiger partial charge in [0, 0.05) is 5.41 Å². The Morgan fingerprint density at radius 2 is 1.70 bits per heavy atom. The zero-order valence-electron chi connectivity index (χ0n) is 27.5. The summed E-state index contributed by atoms with van der Waals surface area (Å²) < 4.78 is 32.5. The van der Waals surface area contributed by atoms with E-state index in [4.69, 9.17) is 25.3 Å². The molecule has 1 saturated heterocycles. The van der Waals surface area contributed by atoms with Crippen molar-refractivity contribution in [3.05, 3.63) is 47.0 Å². The van der Waals surface area contributed by atoms with Gasteiger partial charge in [-0.25, -0.2) is 9.69 Å². The van der Waals surface area contributed by atoms with Gasteiger partial charge in [0.15, 0.2) is 28.9 Å². The number of nitrogens with zero attached hydrogens (tertiary/aromatic N) is 1. The number of anilines is 2. The fourth-order valence-corrected chi connectivity index (χ4v) is 5.44. The van der Waals surface area contributed by atoms with Gasteiger partial charge in [0.2, 0.25) is 0 Å². The molecule has 3 rings (SSSR count). The van der Waals surface area contributed by atoms with Crippen LogP contribution in [-0.2, 0) is 30.4 Å². The molecule has 0 bridgehead atoms. The molecule has 0 radical (unpaired) electrons. The number of carbonyl (C=O) groups is 4. The second-order valence-corrected chi connectivity index (χ2v) is 14.0. The highest BCUT2D eigenvalue weighted by molar-refractivity contribution is 7.82. The minimum Gasteiger partial charge on any atom is -0.490 e. The largest absolute Gasteiger partial charge is 0.490 e. The first-order valence-corrected chi connectivity index (χ1v) is 16.8. The maximum Gasteiger partial charge on any atom is 0.418 e. The molecule has 0 aliphatic carbocycles. The summed E-state index contributed by atoms with van der Waals surface area (Å²) in [6.45, 7) is 12.0. The summed E-state index contributed by atoms with van der Waals surface area (Å²) in [5.74, 6) is -1.71. The van der Waals surface area contributed by atoms with E-state index in [-0.39, 0.29) is 16.4 Å². The molecule has 0 saturated carbocycles. The van der Waals surface area contributed by atoms with Gasteiger partial charge in [0.1, 0.15) is 0 Å². The molecule has 13 heteroatoms. The van der Waals surface area contributed by atoms with Gasteiger partial charge in [-0.1, -0.05) is 77.5 Å². The Kier molecular flexibility index (Phi) is 12.6. The number of cyclic esters (lactones) is 1. The van der Waals surface area contributed by atoms with Crippen molar-refractivity contribution in [3.8, 4) is 11.5 Å². The summed E-state index contributed by atoms with van der Waals surface area (Å²) in [6.07, 6.45) is 5.62. The molecule has 252 valence electrons. The number of hydrogen-bond acceptors (Lipinski definition) is 8. The van der Waals surface area contributed by atoms with Gasteiger partial charge >= 0.3 is 17.4 Å². The fourth-order valence-electron chi connectivity index (χ4n) is 4.62. The first-order valence-electron chi connectivity index (χ1n) is 15.4. The van der Waals surface area contributed by atoms with E-state index < -0.39 is 52.0 Å². The molecule has 2 atom stereocenters. The lowest BCUT2D eigenvalue weighted by Gasteiger charge is -2.28. The lowest BCUT2D eigenvalue weighted by Crippen LogP contribution is -2.55. The molecule has 2 N–H and O–H groups in total. The molecule has 1 heterocycles. The van der Waals surface area contributed by atoms with Crippen molar-refractivity contribution in [3.63, 3.8) is 0 Å². The van der Waals surface area contributed by atoms with Crippen LogP contribution in [0, 0.1) is 12.3 Å². The van der Waals surface area contributed by atoms with Gasteiger partial charge in [-0.15, -0.1) is 0 Å². The van der Waals surface area contributed by atoms with Crippen molar-refractivity contribution in [1.82, 2.24) is 4.90 Å². The minimum absolute atomic E-state index is 0.0400. The number of benzene rings is 2. The van der Waals surface area contributed by atoms with Crippen molar-refractivity contribution in [2.45, 2.75) is 98.6 Å². The van der Waals surface area contributed by atoms with Gasteiger partial charge in [-0.2, -0.15) is 4.21 Å². The highest BCUT2D eigenvalue weighted by Gasteiger charge is 2.55. The molecule has 46 heavy (non-hydrogen) atoms. The first-order chi connectivity index (χ1) is 21.5. The van der Waals surface area contributed by atoms with Crippen LogP contribution in [0.2, 0.25) is 5.02 Å². The smallest absolute Gasteiger partial charge is 0.418 e. The van der Waals surface area contributed by atoms with Crippen LogP contribution in [0.3, 0.4) is 0 Å². The summed E-state index contributed by atoms with van der Waals surface area (Å²) in [4.78, 5) is 53.1. The van der Waals surface area contributed by atoms with Gasteiger partial charge < -0.3 is 19.0 Å². The summed E-state index contributed by atoms with van der Waals surface area (Å²) in [7, 11) is 0. The molecular weight excluding hydrogens is 634 g/mol. The van der Waals surface area contributed by atoms with E-state index in [9.17, 15) is 23.4 Å². The molecule has 3 amide bonds. The van der Waals surface area contributed by atoms with Crippen LogP contribution in [0.4, 0.5) is 16.2 Å². The number of amides is 3. The van der Waals surface area contributed by atoms with Crippen LogP contribution in [0.1, 0.15) is 85.6 Å². The van der Waals surface area contributed by atoms with E-state index in [0.29, 0.717) is 23.0 Å². The monoisotopic (exact) mass is 677 g/mol. The zero-order chi connectivity index (χ0) is 34.2. The number of ketones is 1.